The first-order valence-electron chi connectivity index (χ1n) is 9.88. The lowest BCUT2D eigenvalue weighted by Crippen LogP contribution is -2.38. The second kappa shape index (κ2) is 11.5. The molecule has 5 nitrogen and oxygen atoms in total. The van der Waals surface area contributed by atoms with Crippen molar-refractivity contribution >= 4 is 5.96 Å². The average molecular weight is 337 g/mol. The maximum atomic E-state index is 9.54. The topological polar surface area (TPSA) is 59.9 Å². The SMILES string of the molecule is CCNC(=NCCCN1CCC(O)CC1)NCCC1=CCCCC1. The summed E-state index contributed by atoms with van der Waals surface area (Å²) in [6, 6.07) is 0. The quantitative estimate of drug-likeness (QED) is 0.275. The Labute approximate surface area is 147 Å². The highest BCUT2D eigenvalue weighted by Crippen LogP contribution is 2.19. The smallest absolute Gasteiger partial charge is 0.191 e. The molecule has 1 saturated heterocycles. The zero-order valence-corrected chi connectivity index (χ0v) is 15.4. The monoisotopic (exact) mass is 336 g/mol. The van der Waals surface area contributed by atoms with Gasteiger partial charge in [-0.15, -0.1) is 0 Å². The third-order valence-corrected chi connectivity index (χ3v) is 4.93. The number of hydrogen-bond donors (Lipinski definition) is 3. The van der Waals surface area contributed by atoms with Gasteiger partial charge in [0, 0.05) is 32.7 Å². The highest BCUT2D eigenvalue weighted by atomic mass is 16.3. The van der Waals surface area contributed by atoms with Crippen molar-refractivity contribution in [1.82, 2.24) is 15.5 Å². The molecule has 0 unspecified atom stereocenters. The number of aliphatic imine (C=N–C) groups is 1. The lowest BCUT2D eigenvalue weighted by atomic mass is 9.97. The fourth-order valence-corrected chi connectivity index (χ4v) is 3.44. The Hall–Kier alpha value is -1.07. The number of nitrogens with one attached hydrogen (secondary N) is 2. The molecule has 1 aliphatic carbocycles. The first kappa shape index (κ1) is 19.3. The number of aliphatic hydroxyl groups is 1. The molecule has 138 valence electrons. The Morgan fingerprint density at radius 2 is 2.12 bits per heavy atom. The van der Waals surface area contributed by atoms with Gasteiger partial charge in [-0.25, -0.2) is 0 Å². The van der Waals surface area contributed by atoms with Crippen LogP contribution in [0.1, 0.15) is 58.3 Å². The van der Waals surface area contributed by atoms with Gasteiger partial charge in [0.15, 0.2) is 5.96 Å². The van der Waals surface area contributed by atoms with Crippen molar-refractivity contribution < 1.29 is 5.11 Å². The van der Waals surface area contributed by atoms with E-state index in [1.165, 1.54) is 25.7 Å². The number of nitrogens with zero attached hydrogens (tertiary/aromatic N) is 2. The van der Waals surface area contributed by atoms with E-state index in [0.717, 1.165) is 70.9 Å². The third kappa shape index (κ3) is 7.67. The molecular formula is C19H36N4O. The van der Waals surface area contributed by atoms with Gasteiger partial charge in [0.2, 0.25) is 0 Å². The molecule has 5 heteroatoms. The summed E-state index contributed by atoms with van der Waals surface area (Å²) < 4.78 is 0. The molecule has 0 spiro atoms. The molecule has 2 rings (SSSR count). The van der Waals surface area contributed by atoms with Crippen LogP contribution in [0.15, 0.2) is 16.6 Å². The van der Waals surface area contributed by atoms with Gasteiger partial charge >= 0.3 is 0 Å². The van der Waals surface area contributed by atoms with Crippen molar-refractivity contribution in [1.29, 1.82) is 0 Å². The van der Waals surface area contributed by atoms with Gasteiger partial charge in [0.1, 0.15) is 0 Å². The molecule has 1 heterocycles. The van der Waals surface area contributed by atoms with E-state index in [1.54, 1.807) is 5.57 Å². The van der Waals surface area contributed by atoms with Crippen molar-refractivity contribution in [3.8, 4) is 0 Å². The summed E-state index contributed by atoms with van der Waals surface area (Å²) in [6.45, 7) is 7.98. The number of likely N-dealkylation sites (tertiary alicyclic amines) is 1. The van der Waals surface area contributed by atoms with E-state index in [-0.39, 0.29) is 6.10 Å². The Bertz CT molecular complexity index is 400. The van der Waals surface area contributed by atoms with E-state index >= 15 is 0 Å². The van der Waals surface area contributed by atoms with Crippen LogP contribution in [-0.4, -0.2) is 61.3 Å². The standard InChI is InChI=1S/C19H36N4O/c1-2-20-19(22-13-9-17-7-4-3-5-8-17)21-12-6-14-23-15-10-18(24)11-16-23/h7,18,24H,2-6,8-16H2,1H3,(H2,20,21,22). The molecule has 0 radical (unpaired) electrons. The van der Waals surface area contributed by atoms with Crippen LogP contribution < -0.4 is 10.6 Å². The molecule has 3 N–H and O–H groups in total. The molecule has 2 aliphatic rings. The minimum Gasteiger partial charge on any atom is -0.393 e. The van der Waals surface area contributed by atoms with Crippen LogP contribution in [0.3, 0.4) is 0 Å². The lowest BCUT2D eigenvalue weighted by molar-refractivity contribution is 0.0824. The lowest BCUT2D eigenvalue weighted by Gasteiger charge is -2.29. The number of piperidine rings is 1. The van der Waals surface area contributed by atoms with E-state index < -0.39 is 0 Å². The Morgan fingerprint density at radius 1 is 1.29 bits per heavy atom. The van der Waals surface area contributed by atoms with E-state index in [9.17, 15) is 5.11 Å². The Kier molecular flexibility index (Phi) is 9.21. The van der Waals surface area contributed by atoms with E-state index in [4.69, 9.17) is 4.99 Å². The number of rotatable bonds is 8. The second-order valence-electron chi connectivity index (χ2n) is 6.97. The minimum atomic E-state index is -0.0805. The molecule has 0 aromatic rings. The predicted octanol–water partition coefficient (Wildman–Crippen LogP) is 2.28. The molecule has 0 aromatic heterocycles. The van der Waals surface area contributed by atoms with E-state index in [0.29, 0.717) is 0 Å². The first-order chi connectivity index (χ1) is 11.8. The first-order valence-corrected chi connectivity index (χ1v) is 9.88. The molecule has 0 amide bonds. The largest absolute Gasteiger partial charge is 0.393 e. The second-order valence-corrected chi connectivity index (χ2v) is 6.97. The Balaban J connectivity index is 1.61. The van der Waals surface area contributed by atoms with Crippen molar-refractivity contribution in [2.45, 2.75) is 64.4 Å². The van der Waals surface area contributed by atoms with Crippen molar-refractivity contribution in [3.63, 3.8) is 0 Å². The number of guanidine groups is 1. The van der Waals surface area contributed by atoms with Gasteiger partial charge < -0.3 is 20.6 Å². The molecule has 0 aromatic carbocycles. The number of aliphatic hydroxyl groups excluding tert-OH is 1. The van der Waals surface area contributed by atoms with E-state index in [1.807, 2.05) is 0 Å². The fourth-order valence-electron chi connectivity index (χ4n) is 3.44. The summed E-state index contributed by atoms with van der Waals surface area (Å²) in [4.78, 5) is 7.14. The molecular weight excluding hydrogens is 300 g/mol. The van der Waals surface area contributed by atoms with Crippen LogP contribution in [-0.2, 0) is 0 Å². The molecule has 0 bridgehead atoms. The van der Waals surface area contributed by atoms with Gasteiger partial charge in [-0.05, 0) is 64.8 Å². The van der Waals surface area contributed by atoms with Gasteiger partial charge in [-0.3, -0.25) is 4.99 Å². The van der Waals surface area contributed by atoms with Crippen LogP contribution in [0.5, 0.6) is 0 Å². The maximum Gasteiger partial charge on any atom is 0.191 e. The summed E-state index contributed by atoms with van der Waals surface area (Å²) in [6.07, 6.45) is 11.7. The van der Waals surface area contributed by atoms with Gasteiger partial charge in [0.25, 0.3) is 0 Å². The van der Waals surface area contributed by atoms with Crippen LogP contribution in [0.2, 0.25) is 0 Å². The van der Waals surface area contributed by atoms with Crippen LogP contribution in [0.25, 0.3) is 0 Å². The molecule has 0 atom stereocenters. The van der Waals surface area contributed by atoms with Gasteiger partial charge in [-0.1, -0.05) is 11.6 Å². The zero-order valence-electron chi connectivity index (χ0n) is 15.4. The highest BCUT2D eigenvalue weighted by Gasteiger charge is 2.15. The van der Waals surface area contributed by atoms with E-state index in [2.05, 4.69) is 28.5 Å². The van der Waals surface area contributed by atoms with Crippen molar-refractivity contribution in [2.75, 3.05) is 39.3 Å². The predicted molar refractivity (Wildman–Crippen MR) is 101 cm³/mol. The number of allylic oxidation sites excluding steroid dienone is 1. The maximum absolute atomic E-state index is 9.54. The minimum absolute atomic E-state index is 0.0805. The third-order valence-electron chi connectivity index (χ3n) is 4.93. The molecule has 1 aliphatic heterocycles. The molecule has 24 heavy (non-hydrogen) atoms. The van der Waals surface area contributed by atoms with Crippen LogP contribution in [0.4, 0.5) is 0 Å². The summed E-state index contributed by atoms with van der Waals surface area (Å²) >= 11 is 0. The summed E-state index contributed by atoms with van der Waals surface area (Å²) in [5.41, 5.74) is 1.61. The summed E-state index contributed by atoms with van der Waals surface area (Å²) in [7, 11) is 0. The fraction of sp³-hybridized carbons (Fsp3) is 0.842. The van der Waals surface area contributed by atoms with Gasteiger partial charge in [-0.2, -0.15) is 0 Å². The van der Waals surface area contributed by atoms with Gasteiger partial charge in [0.05, 0.1) is 6.10 Å². The van der Waals surface area contributed by atoms with Crippen LogP contribution >= 0.6 is 0 Å². The zero-order chi connectivity index (χ0) is 17.0. The highest BCUT2D eigenvalue weighted by molar-refractivity contribution is 5.79. The average Bonchev–Trinajstić information content (AvgIpc) is 2.61. The normalized spacial score (nSPS) is 20.8. The summed E-state index contributed by atoms with van der Waals surface area (Å²) in [5, 5.41) is 16.3. The molecule has 1 fully saturated rings. The Morgan fingerprint density at radius 3 is 2.83 bits per heavy atom. The van der Waals surface area contributed by atoms with Crippen LogP contribution in [0, 0.1) is 0 Å². The number of hydrogen-bond acceptors (Lipinski definition) is 3. The summed E-state index contributed by atoms with van der Waals surface area (Å²) in [5.74, 6) is 0.947. The van der Waals surface area contributed by atoms with Crippen molar-refractivity contribution in [3.05, 3.63) is 11.6 Å². The molecule has 0 saturated carbocycles. The van der Waals surface area contributed by atoms with Crippen molar-refractivity contribution in [2.24, 2.45) is 4.99 Å².